The van der Waals surface area contributed by atoms with Gasteiger partial charge >= 0.3 is 5.97 Å². The molecule has 7 heteroatoms. The molecule has 1 unspecified atom stereocenters. The SMILES string of the molecule is COCc1c(C(=O)N2CCCC(Cc3ccc(C(=O)O)cc3)C2)noc1C. The predicted octanol–water partition coefficient (Wildman–Crippen LogP) is 2.92. The topological polar surface area (TPSA) is 92.9 Å². The molecular weight excluding hydrogens is 348 g/mol. The molecule has 1 amide bonds. The van der Waals surface area contributed by atoms with Gasteiger partial charge in [0.1, 0.15) is 5.76 Å². The molecule has 1 fully saturated rings. The lowest BCUT2D eigenvalue weighted by Gasteiger charge is -2.32. The van der Waals surface area contributed by atoms with E-state index >= 15 is 0 Å². The van der Waals surface area contributed by atoms with Crippen molar-refractivity contribution in [2.45, 2.75) is 32.8 Å². The maximum absolute atomic E-state index is 12.9. The highest BCUT2D eigenvalue weighted by Crippen LogP contribution is 2.24. The Hall–Kier alpha value is -2.67. The molecule has 1 saturated heterocycles. The average Bonchev–Trinajstić information content (AvgIpc) is 3.03. The molecule has 1 aromatic carbocycles. The average molecular weight is 372 g/mol. The minimum Gasteiger partial charge on any atom is -0.478 e. The third kappa shape index (κ3) is 4.36. The van der Waals surface area contributed by atoms with Crippen molar-refractivity contribution in [1.29, 1.82) is 0 Å². The number of carboxylic acid groups (broad SMARTS) is 1. The number of likely N-dealkylation sites (tertiary alicyclic amines) is 1. The number of benzene rings is 1. The number of hydrogen-bond acceptors (Lipinski definition) is 5. The highest BCUT2D eigenvalue weighted by atomic mass is 16.5. The first-order chi connectivity index (χ1) is 13.0. The van der Waals surface area contributed by atoms with Gasteiger partial charge in [-0.1, -0.05) is 17.3 Å². The zero-order chi connectivity index (χ0) is 19.4. The fourth-order valence-corrected chi connectivity index (χ4v) is 3.56. The first-order valence-corrected chi connectivity index (χ1v) is 9.05. The van der Waals surface area contributed by atoms with Crippen molar-refractivity contribution in [2.75, 3.05) is 20.2 Å². The van der Waals surface area contributed by atoms with Gasteiger partial charge in [0.2, 0.25) is 0 Å². The van der Waals surface area contributed by atoms with Gasteiger partial charge in [-0.25, -0.2) is 4.79 Å². The van der Waals surface area contributed by atoms with Crippen molar-refractivity contribution < 1.29 is 24.0 Å². The lowest BCUT2D eigenvalue weighted by molar-refractivity contribution is 0.0656. The summed E-state index contributed by atoms with van der Waals surface area (Å²) in [6.45, 7) is 3.42. The van der Waals surface area contributed by atoms with Gasteiger partial charge < -0.3 is 19.3 Å². The molecule has 2 aromatic rings. The molecule has 2 heterocycles. The number of carbonyl (C=O) groups is 2. The van der Waals surface area contributed by atoms with Crippen LogP contribution in [0.4, 0.5) is 0 Å². The molecule has 27 heavy (non-hydrogen) atoms. The van der Waals surface area contributed by atoms with Crippen molar-refractivity contribution in [2.24, 2.45) is 5.92 Å². The third-order valence-corrected chi connectivity index (χ3v) is 5.01. The van der Waals surface area contributed by atoms with E-state index in [0.717, 1.165) is 24.8 Å². The molecule has 7 nitrogen and oxygen atoms in total. The predicted molar refractivity (Wildman–Crippen MR) is 97.7 cm³/mol. The Labute approximate surface area is 157 Å². The van der Waals surface area contributed by atoms with Crippen LogP contribution in [-0.2, 0) is 17.8 Å². The third-order valence-electron chi connectivity index (χ3n) is 5.01. The summed E-state index contributed by atoms with van der Waals surface area (Å²) in [5.74, 6) is -0.111. The second-order valence-corrected chi connectivity index (χ2v) is 6.96. The fourth-order valence-electron chi connectivity index (χ4n) is 3.56. The Morgan fingerprint density at radius 1 is 1.33 bits per heavy atom. The molecule has 1 N–H and O–H groups in total. The minimum absolute atomic E-state index is 0.121. The van der Waals surface area contributed by atoms with E-state index in [4.69, 9.17) is 14.4 Å². The number of amides is 1. The molecular formula is C20H24N2O5. The fraction of sp³-hybridized carbons (Fsp3) is 0.450. The number of methoxy groups -OCH3 is 1. The van der Waals surface area contributed by atoms with Crippen LogP contribution in [0.2, 0.25) is 0 Å². The van der Waals surface area contributed by atoms with E-state index in [-0.39, 0.29) is 11.5 Å². The van der Waals surface area contributed by atoms with Gasteiger partial charge in [-0.3, -0.25) is 4.79 Å². The summed E-state index contributed by atoms with van der Waals surface area (Å²) in [4.78, 5) is 25.7. The second kappa shape index (κ2) is 8.35. The number of rotatable bonds is 6. The van der Waals surface area contributed by atoms with Gasteiger partial charge in [-0.15, -0.1) is 0 Å². The van der Waals surface area contributed by atoms with E-state index < -0.39 is 5.97 Å². The van der Waals surface area contributed by atoms with Gasteiger partial charge in [0.05, 0.1) is 17.7 Å². The largest absolute Gasteiger partial charge is 0.478 e. The smallest absolute Gasteiger partial charge is 0.335 e. The number of aromatic carboxylic acids is 1. The number of ether oxygens (including phenoxy) is 1. The van der Waals surface area contributed by atoms with Crippen molar-refractivity contribution in [3.05, 3.63) is 52.4 Å². The minimum atomic E-state index is -0.925. The number of piperidine rings is 1. The second-order valence-electron chi connectivity index (χ2n) is 6.96. The number of carbonyl (C=O) groups excluding carboxylic acids is 1. The molecule has 0 saturated carbocycles. The van der Waals surface area contributed by atoms with Crippen LogP contribution in [0.3, 0.4) is 0 Å². The number of aromatic nitrogens is 1. The zero-order valence-corrected chi connectivity index (χ0v) is 15.6. The Kier molecular flexibility index (Phi) is 5.91. The molecule has 144 valence electrons. The molecule has 3 rings (SSSR count). The van der Waals surface area contributed by atoms with E-state index in [1.54, 1.807) is 26.2 Å². The van der Waals surface area contributed by atoms with Crippen LogP contribution in [0.5, 0.6) is 0 Å². The van der Waals surface area contributed by atoms with Crippen LogP contribution >= 0.6 is 0 Å². The number of nitrogens with zero attached hydrogens (tertiary/aromatic N) is 2. The molecule has 1 aliphatic heterocycles. The summed E-state index contributed by atoms with van der Waals surface area (Å²) in [6.07, 6.45) is 2.78. The lowest BCUT2D eigenvalue weighted by atomic mass is 9.90. The molecule has 0 spiro atoms. The highest BCUT2D eigenvalue weighted by molar-refractivity contribution is 5.93. The van der Waals surface area contributed by atoms with Gasteiger partial charge in [0.15, 0.2) is 5.69 Å². The zero-order valence-electron chi connectivity index (χ0n) is 15.6. The van der Waals surface area contributed by atoms with Crippen LogP contribution in [0.25, 0.3) is 0 Å². The van der Waals surface area contributed by atoms with E-state index in [1.165, 1.54) is 0 Å². The molecule has 1 aliphatic rings. The van der Waals surface area contributed by atoms with Crippen molar-refractivity contribution in [3.63, 3.8) is 0 Å². The standard InChI is InChI=1S/C20H24N2O5/c1-13-17(12-26-2)18(21-27-13)19(23)22-9-3-4-15(11-22)10-14-5-7-16(8-6-14)20(24)25/h5-8,15H,3-4,9-12H2,1-2H3,(H,24,25). The van der Waals surface area contributed by atoms with E-state index in [1.807, 2.05) is 17.0 Å². The van der Waals surface area contributed by atoms with Gasteiger partial charge in [0.25, 0.3) is 5.91 Å². The van der Waals surface area contributed by atoms with Gasteiger partial charge in [0, 0.05) is 20.2 Å². The normalized spacial score (nSPS) is 17.1. The van der Waals surface area contributed by atoms with Crippen molar-refractivity contribution >= 4 is 11.9 Å². The molecule has 0 aliphatic carbocycles. The Balaban J connectivity index is 1.67. The summed E-state index contributed by atoms with van der Waals surface area (Å²) >= 11 is 0. The summed E-state index contributed by atoms with van der Waals surface area (Å²) in [5.41, 5.74) is 2.40. The monoisotopic (exact) mass is 372 g/mol. The quantitative estimate of drug-likeness (QED) is 0.838. The first kappa shape index (κ1) is 19.1. The van der Waals surface area contributed by atoms with E-state index in [9.17, 15) is 9.59 Å². The maximum atomic E-state index is 12.9. The number of hydrogen-bond donors (Lipinski definition) is 1. The molecule has 1 aromatic heterocycles. The van der Waals surface area contributed by atoms with Gasteiger partial charge in [-0.2, -0.15) is 0 Å². The molecule has 0 radical (unpaired) electrons. The highest BCUT2D eigenvalue weighted by Gasteiger charge is 2.29. The van der Waals surface area contributed by atoms with Crippen LogP contribution < -0.4 is 0 Å². The van der Waals surface area contributed by atoms with Gasteiger partial charge in [-0.05, 0) is 49.8 Å². The van der Waals surface area contributed by atoms with Crippen molar-refractivity contribution in [1.82, 2.24) is 10.1 Å². The van der Waals surface area contributed by atoms with E-state index in [0.29, 0.717) is 42.6 Å². The van der Waals surface area contributed by atoms with Crippen LogP contribution in [0, 0.1) is 12.8 Å². The van der Waals surface area contributed by atoms with Crippen LogP contribution in [0.15, 0.2) is 28.8 Å². The Bertz CT molecular complexity index is 812. The summed E-state index contributed by atoms with van der Waals surface area (Å²) in [7, 11) is 1.58. The summed E-state index contributed by atoms with van der Waals surface area (Å²) in [5, 5.41) is 12.9. The Morgan fingerprint density at radius 3 is 2.74 bits per heavy atom. The number of aryl methyl sites for hydroxylation is 1. The van der Waals surface area contributed by atoms with Crippen LogP contribution in [-0.4, -0.2) is 47.2 Å². The van der Waals surface area contributed by atoms with Crippen molar-refractivity contribution in [3.8, 4) is 0 Å². The van der Waals surface area contributed by atoms with Crippen LogP contribution in [0.1, 0.15) is 50.6 Å². The summed E-state index contributed by atoms with van der Waals surface area (Å²) < 4.78 is 10.3. The maximum Gasteiger partial charge on any atom is 0.335 e. The Morgan fingerprint density at radius 2 is 2.07 bits per heavy atom. The first-order valence-electron chi connectivity index (χ1n) is 9.05. The van der Waals surface area contributed by atoms with E-state index in [2.05, 4.69) is 5.16 Å². The molecule has 0 bridgehead atoms. The number of carboxylic acids is 1. The summed E-state index contributed by atoms with van der Waals surface area (Å²) in [6, 6.07) is 6.95. The lowest BCUT2D eigenvalue weighted by Crippen LogP contribution is -2.41. The molecule has 1 atom stereocenters.